The third-order valence-electron chi connectivity index (χ3n) is 4.06. The molecule has 4 nitrogen and oxygen atoms in total. The molecule has 120 valence electrons. The van der Waals surface area contributed by atoms with Crippen LogP contribution in [-0.2, 0) is 11.2 Å². The highest BCUT2D eigenvalue weighted by atomic mass is 16.5. The van der Waals surface area contributed by atoms with Gasteiger partial charge in [-0.3, -0.25) is 4.79 Å². The number of carbonyl (C=O) groups excluding carboxylic acids is 1. The molecule has 0 atom stereocenters. The van der Waals surface area contributed by atoms with Crippen LogP contribution >= 0.6 is 0 Å². The fourth-order valence-corrected chi connectivity index (χ4v) is 2.41. The first-order chi connectivity index (χ1) is 10.5. The van der Waals surface area contributed by atoms with Crippen molar-refractivity contribution < 1.29 is 9.53 Å². The van der Waals surface area contributed by atoms with E-state index in [1.807, 2.05) is 25.3 Å². The average molecular weight is 302 g/mol. The van der Waals surface area contributed by atoms with Gasteiger partial charge in [0.2, 0.25) is 0 Å². The Balaban J connectivity index is 2.16. The number of fused-ring (bicyclic) bond motifs is 1. The number of hydrogen-bond donors (Lipinski definition) is 1. The summed E-state index contributed by atoms with van der Waals surface area (Å²) in [4.78, 5) is 17.3. The van der Waals surface area contributed by atoms with Gasteiger partial charge >= 0.3 is 5.97 Å². The van der Waals surface area contributed by atoms with Crippen molar-refractivity contribution in [3.8, 4) is 5.75 Å². The molecule has 0 unspecified atom stereocenters. The number of aromatic nitrogens is 1. The van der Waals surface area contributed by atoms with Gasteiger partial charge in [-0.1, -0.05) is 19.1 Å². The van der Waals surface area contributed by atoms with E-state index in [2.05, 4.69) is 36.8 Å². The first-order valence-electron chi connectivity index (χ1n) is 8.02. The number of nitrogens with zero attached hydrogens (tertiary/aromatic N) is 1. The van der Waals surface area contributed by atoms with Gasteiger partial charge in [-0.05, 0) is 45.4 Å². The minimum atomic E-state index is -0.175. The number of carbonyl (C=O) groups is 1. The highest BCUT2D eigenvalue weighted by Gasteiger charge is 2.12. The molecule has 22 heavy (non-hydrogen) atoms. The number of hydrogen-bond acceptors (Lipinski definition) is 3. The maximum Gasteiger partial charge on any atom is 0.311 e. The molecule has 0 fully saturated rings. The standard InChI is InChI=1S/C18H26N2O2/c1-5-7-17(21)22-16-9-6-8-15-14(12-19-18(15)16)10-11-20(4)13(2)3/h6,8-9,12-13,19H,5,7,10-11H2,1-4H3. The second-order valence-electron chi connectivity index (χ2n) is 6.04. The molecule has 4 heteroatoms. The van der Waals surface area contributed by atoms with Gasteiger partial charge in [0, 0.05) is 30.6 Å². The lowest BCUT2D eigenvalue weighted by Crippen LogP contribution is -2.28. The summed E-state index contributed by atoms with van der Waals surface area (Å²) in [6.07, 6.45) is 4.24. The van der Waals surface area contributed by atoms with Crippen molar-refractivity contribution in [2.75, 3.05) is 13.6 Å². The molecule has 0 aliphatic heterocycles. The Morgan fingerprint density at radius 1 is 1.36 bits per heavy atom. The van der Waals surface area contributed by atoms with E-state index < -0.39 is 0 Å². The van der Waals surface area contributed by atoms with Crippen LogP contribution in [0.15, 0.2) is 24.4 Å². The minimum absolute atomic E-state index is 0.175. The molecule has 0 aliphatic rings. The van der Waals surface area contributed by atoms with E-state index in [0.717, 1.165) is 30.3 Å². The Morgan fingerprint density at radius 2 is 2.14 bits per heavy atom. The van der Waals surface area contributed by atoms with E-state index in [9.17, 15) is 4.79 Å². The monoisotopic (exact) mass is 302 g/mol. The van der Waals surface area contributed by atoms with E-state index in [0.29, 0.717) is 18.2 Å². The molecular formula is C18H26N2O2. The number of rotatable bonds is 7. The predicted molar refractivity (Wildman–Crippen MR) is 90.3 cm³/mol. The zero-order chi connectivity index (χ0) is 16.1. The van der Waals surface area contributed by atoms with Crippen LogP contribution in [0.2, 0.25) is 0 Å². The van der Waals surface area contributed by atoms with Gasteiger partial charge in [-0.2, -0.15) is 0 Å². The lowest BCUT2D eigenvalue weighted by atomic mass is 10.1. The molecule has 0 radical (unpaired) electrons. The molecule has 1 N–H and O–H groups in total. The molecule has 0 amide bonds. The first-order valence-corrected chi connectivity index (χ1v) is 8.02. The second-order valence-corrected chi connectivity index (χ2v) is 6.04. The summed E-state index contributed by atoms with van der Waals surface area (Å²) in [5.41, 5.74) is 2.17. The highest BCUT2D eigenvalue weighted by Crippen LogP contribution is 2.28. The number of H-pyrrole nitrogens is 1. The van der Waals surface area contributed by atoms with Gasteiger partial charge in [-0.25, -0.2) is 0 Å². The summed E-state index contributed by atoms with van der Waals surface area (Å²) in [6.45, 7) is 7.37. The fraction of sp³-hybridized carbons (Fsp3) is 0.500. The van der Waals surface area contributed by atoms with Crippen LogP contribution in [0.4, 0.5) is 0 Å². The summed E-state index contributed by atoms with van der Waals surface area (Å²) >= 11 is 0. The highest BCUT2D eigenvalue weighted by molar-refractivity contribution is 5.90. The Bertz CT molecular complexity index is 631. The van der Waals surface area contributed by atoms with Crippen molar-refractivity contribution in [3.05, 3.63) is 30.0 Å². The van der Waals surface area contributed by atoms with Gasteiger partial charge in [0.1, 0.15) is 0 Å². The molecule has 1 aromatic carbocycles. The van der Waals surface area contributed by atoms with Crippen LogP contribution in [0, 0.1) is 0 Å². The zero-order valence-electron chi connectivity index (χ0n) is 14.0. The third kappa shape index (κ3) is 3.89. The summed E-state index contributed by atoms with van der Waals surface area (Å²) in [5.74, 6) is 0.449. The van der Waals surface area contributed by atoms with Crippen LogP contribution in [0.3, 0.4) is 0 Å². The summed E-state index contributed by atoms with van der Waals surface area (Å²) in [6, 6.07) is 6.40. The smallest absolute Gasteiger partial charge is 0.311 e. The number of para-hydroxylation sites is 1. The van der Waals surface area contributed by atoms with Crippen LogP contribution in [0.25, 0.3) is 10.9 Å². The molecule has 1 heterocycles. The summed E-state index contributed by atoms with van der Waals surface area (Å²) in [7, 11) is 2.14. The average Bonchev–Trinajstić information content (AvgIpc) is 2.89. The zero-order valence-corrected chi connectivity index (χ0v) is 14.0. The van der Waals surface area contributed by atoms with E-state index in [-0.39, 0.29) is 5.97 Å². The lowest BCUT2D eigenvalue weighted by Gasteiger charge is -2.20. The van der Waals surface area contributed by atoms with Crippen molar-refractivity contribution in [2.45, 2.75) is 46.1 Å². The molecule has 2 aromatic rings. The molecule has 0 aliphatic carbocycles. The molecule has 2 rings (SSSR count). The minimum Gasteiger partial charge on any atom is -0.424 e. The molecule has 0 bridgehead atoms. The van der Waals surface area contributed by atoms with E-state index >= 15 is 0 Å². The number of aromatic amines is 1. The number of nitrogens with one attached hydrogen (secondary N) is 1. The van der Waals surface area contributed by atoms with Crippen LogP contribution in [0.5, 0.6) is 5.75 Å². The summed E-state index contributed by atoms with van der Waals surface area (Å²) < 4.78 is 5.46. The largest absolute Gasteiger partial charge is 0.424 e. The SMILES string of the molecule is CCCC(=O)Oc1cccc2c(CCN(C)C(C)C)c[nH]c12. The fourth-order valence-electron chi connectivity index (χ4n) is 2.41. The lowest BCUT2D eigenvalue weighted by molar-refractivity contribution is -0.134. The number of ether oxygens (including phenoxy) is 1. The van der Waals surface area contributed by atoms with Crippen LogP contribution < -0.4 is 4.74 Å². The second kappa shape index (κ2) is 7.45. The van der Waals surface area contributed by atoms with E-state index in [1.165, 1.54) is 5.56 Å². The maximum atomic E-state index is 11.7. The third-order valence-corrected chi connectivity index (χ3v) is 4.06. The molecular weight excluding hydrogens is 276 g/mol. The Kier molecular flexibility index (Phi) is 5.61. The molecule has 0 saturated carbocycles. The van der Waals surface area contributed by atoms with Crippen molar-refractivity contribution >= 4 is 16.9 Å². The van der Waals surface area contributed by atoms with Gasteiger partial charge < -0.3 is 14.6 Å². The molecule has 0 spiro atoms. The number of esters is 1. The van der Waals surface area contributed by atoms with Crippen molar-refractivity contribution in [1.82, 2.24) is 9.88 Å². The molecule has 0 saturated heterocycles. The normalized spacial score (nSPS) is 11.5. The van der Waals surface area contributed by atoms with Gasteiger partial charge in [0.15, 0.2) is 5.75 Å². The maximum absolute atomic E-state index is 11.7. The summed E-state index contributed by atoms with van der Waals surface area (Å²) in [5, 5.41) is 1.14. The van der Waals surface area contributed by atoms with Crippen molar-refractivity contribution in [3.63, 3.8) is 0 Å². The Labute approximate surface area is 132 Å². The number of benzene rings is 1. The number of likely N-dealkylation sites (N-methyl/N-ethyl adjacent to an activating group) is 1. The van der Waals surface area contributed by atoms with Crippen LogP contribution in [0.1, 0.15) is 39.2 Å². The quantitative estimate of drug-likeness (QED) is 0.626. The van der Waals surface area contributed by atoms with Crippen molar-refractivity contribution in [2.24, 2.45) is 0 Å². The van der Waals surface area contributed by atoms with Gasteiger partial charge in [0.05, 0.1) is 5.52 Å². The Hall–Kier alpha value is -1.81. The predicted octanol–water partition coefficient (Wildman–Crippen LogP) is 3.76. The van der Waals surface area contributed by atoms with Gasteiger partial charge in [0.25, 0.3) is 0 Å². The topological polar surface area (TPSA) is 45.3 Å². The first kappa shape index (κ1) is 16.6. The van der Waals surface area contributed by atoms with Crippen LogP contribution in [-0.4, -0.2) is 35.5 Å². The van der Waals surface area contributed by atoms with Gasteiger partial charge in [-0.15, -0.1) is 0 Å². The van der Waals surface area contributed by atoms with E-state index in [4.69, 9.17) is 4.74 Å². The Morgan fingerprint density at radius 3 is 2.82 bits per heavy atom. The molecule has 1 aromatic heterocycles. The van der Waals surface area contributed by atoms with E-state index in [1.54, 1.807) is 0 Å². The van der Waals surface area contributed by atoms with Crippen molar-refractivity contribution in [1.29, 1.82) is 0 Å².